The zero-order valence-electron chi connectivity index (χ0n) is 11.3. The Bertz CT molecular complexity index is 731. The smallest absolute Gasteiger partial charge is 0.0996 e. The minimum Gasteiger partial charge on any atom is -0.327 e. The van der Waals surface area contributed by atoms with Crippen molar-refractivity contribution in [1.82, 2.24) is 0 Å². The molecule has 0 radical (unpaired) electrons. The molecule has 2 aromatic carbocycles. The van der Waals surface area contributed by atoms with Gasteiger partial charge in [-0.3, -0.25) is 4.99 Å². The van der Waals surface area contributed by atoms with Gasteiger partial charge in [-0.05, 0) is 36.8 Å². The molecule has 4 rings (SSSR count). The van der Waals surface area contributed by atoms with Crippen molar-refractivity contribution < 1.29 is 0 Å². The van der Waals surface area contributed by atoms with Crippen molar-refractivity contribution >= 4 is 23.3 Å². The molecule has 0 amide bonds. The highest BCUT2D eigenvalue weighted by atomic mass is 15.4. The van der Waals surface area contributed by atoms with Crippen molar-refractivity contribution in [3.05, 3.63) is 66.0 Å². The second-order valence-electron chi connectivity index (χ2n) is 5.18. The third-order valence-electron chi connectivity index (χ3n) is 3.74. The standard InChI is InChI=1S/C17H15N3/c1-13-5-4-6-14(9-13)19-11-15-10-18-16-7-2-3-8-17(16)20(15)12-19/h2-11H,12H2,1H3. The van der Waals surface area contributed by atoms with Gasteiger partial charge in [0.1, 0.15) is 0 Å². The molecule has 0 bridgehead atoms. The number of hydrogen-bond acceptors (Lipinski definition) is 3. The number of allylic oxidation sites excluding steroid dienone is 1. The van der Waals surface area contributed by atoms with Crippen LogP contribution in [-0.2, 0) is 0 Å². The maximum Gasteiger partial charge on any atom is 0.0996 e. The van der Waals surface area contributed by atoms with Gasteiger partial charge in [0.05, 0.1) is 30.0 Å². The molecule has 0 aliphatic carbocycles. The fourth-order valence-electron chi connectivity index (χ4n) is 2.72. The van der Waals surface area contributed by atoms with E-state index in [4.69, 9.17) is 0 Å². The minimum absolute atomic E-state index is 0.835. The molecule has 0 unspecified atom stereocenters. The maximum atomic E-state index is 4.52. The summed E-state index contributed by atoms with van der Waals surface area (Å²) < 4.78 is 0. The zero-order valence-corrected chi connectivity index (χ0v) is 11.3. The quantitative estimate of drug-likeness (QED) is 0.776. The van der Waals surface area contributed by atoms with Gasteiger partial charge in [-0.15, -0.1) is 0 Å². The number of hydrogen-bond donors (Lipinski definition) is 0. The lowest BCUT2D eigenvalue weighted by molar-refractivity contribution is 0.962. The lowest BCUT2D eigenvalue weighted by Crippen LogP contribution is -2.28. The van der Waals surface area contributed by atoms with Crippen LogP contribution in [-0.4, -0.2) is 12.9 Å². The van der Waals surface area contributed by atoms with Crippen molar-refractivity contribution in [2.45, 2.75) is 6.92 Å². The Morgan fingerprint density at radius 1 is 1.05 bits per heavy atom. The molecule has 2 heterocycles. The van der Waals surface area contributed by atoms with E-state index in [1.54, 1.807) is 0 Å². The van der Waals surface area contributed by atoms with E-state index in [2.05, 4.69) is 70.4 Å². The van der Waals surface area contributed by atoms with Crippen molar-refractivity contribution in [3.63, 3.8) is 0 Å². The topological polar surface area (TPSA) is 18.8 Å². The number of para-hydroxylation sites is 2. The number of anilines is 2. The highest BCUT2D eigenvalue weighted by Gasteiger charge is 2.26. The summed E-state index contributed by atoms with van der Waals surface area (Å²) in [5.74, 6) is 0. The van der Waals surface area contributed by atoms with Gasteiger partial charge in [0.25, 0.3) is 0 Å². The number of fused-ring (bicyclic) bond motifs is 3. The van der Waals surface area contributed by atoms with Crippen molar-refractivity contribution in [2.24, 2.45) is 4.99 Å². The zero-order chi connectivity index (χ0) is 13.5. The van der Waals surface area contributed by atoms with Gasteiger partial charge < -0.3 is 9.80 Å². The Morgan fingerprint density at radius 3 is 2.85 bits per heavy atom. The fraction of sp³-hybridized carbons (Fsp3) is 0.118. The fourth-order valence-corrected chi connectivity index (χ4v) is 2.72. The third-order valence-corrected chi connectivity index (χ3v) is 3.74. The first kappa shape index (κ1) is 11.3. The monoisotopic (exact) mass is 261 g/mol. The second-order valence-corrected chi connectivity index (χ2v) is 5.18. The summed E-state index contributed by atoms with van der Waals surface area (Å²) in [4.78, 5) is 9.08. The molecule has 2 aliphatic rings. The average Bonchev–Trinajstić information content (AvgIpc) is 2.92. The van der Waals surface area contributed by atoms with Crippen molar-refractivity contribution in [1.29, 1.82) is 0 Å². The van der Waals surface area contributed by atoms with E-state index < -0.39 is 0 Å². The minimum atomic E-state index is 0.835. The van der Waals surface area contributed by atoms with Crippen LogP contribution in [0.2, 0.25) is 0 Å². The summed E-state index contributed by atoms with van der Waals surface area (Å²) in [6.07, 6.45) is 4.10. The van der Waals surface area contributed by atoms with Crippen LogP contribution in [0.3, 0.4) is 0 Å². The Hall–Kier alpha value is -2.55. The average molecular weight is 261 g/mol. The molecule has 0 aromatic heterocycles. The molecule has 0 spiro atoms. The highest BCUT2D eigenvalue weighted by molar-refractivity contribution is 5.95. The number of rotatable bonds is 1. The first-order valence-electron chi connectivity index (χ1n) is 6.77. The summed E-state index contributed by atoms with van der Waals surface area (Å²) in [5.41, 5.74) is 5.86. The Morgan fingerprint density at radius 2 is 1.95 bits per heavy atom. The largest absolute Gasteiger partial charge is 0.327 e. The predicted octanol–water partition coefficient (Wildman–Crippen LogP) is 3.84. The molecule has 0 N–H and O–H groups in total. The van der Waals surface area contributed by atoms with E-state index in [9.17, 15) is 0 Å². The number of aryl methyl sites for hydroxylation is 1. The van der Waals surface area contributed by atoms with Crippen LogP contribution in [0.1, 0.15) is 5.56 Å². The third kappa shape index (κ3) is 1.71. The Kier molecular flexibility index (Phi) is 2.39. The Labute approximate surface area is 118 Å². The van der Waals surface area contributed by atoms with E-state index in [1.165, 1.54) is 16.9 Å². The molecule has 20 heavy (non-hydrogen) atoms. The van der Waals surface area contributed by atoms with Crippen molar-refractivity contribution in [2.75, 3.05) is 16.5 Å². The highest BCUT2D eigenvalue weighted by Crippen LogP contribution is 2.37. The van der Waals surface area contributed by atoms with Gasteiger partial charge in [-0.1, -0.05) is 24.3 Å². The molecule has 2 aromatic rings. The summed E-state index contributed by atoms with van der Waals surface area (Å²) in [6.45, 7) is 2.96. The van der Waals surface area contributed by atoms with E-state index in [1.807, 2.05) is 12.3 Å². The van der Waals surface area contributed by atoms with Crippen LogP contribution >= 0.6 is 0 Å². The van der Waals surface area contributed by atoms with E-state index in [0.717, 1.165) is 18.1 Å². The second kappa shape index (κ2) is 4.23. The summed E-state index contributed by atoms with van der Waals surface area (Å²) in [7, 11) is 0. The van der Waals surface area contributed by atoms with E-state index >= 15 is 0 Å². The van der Waals surface area contributed by atoms with Crippen LogP contribution in [0, 0.1) is 6.92 Å². The lowest BCUT2D eigenvalue weighted by atomic mass is 10.2. The molecule has 0 atom stereocenters. The van der Waals surface area contributed by atoms with Gasteiger partial charge in [0, 0.05) is 11.9 Å². The first-order chi connectivity index (χ1) is 9.81. The van der Waals surface area contributed by atoms with Gasteiger partial charge in [-0.2, -0.15) is 0 Å². The van der Waals surface area contributed by atoms with Crippen LogP contribution in [0.15, 0.2) is 65.4 Å². The van der Waals surface area contributed by atoms with Gasteiger partial charge in [0.15, 0.2) is 0 Å². The molecule has 3 heteroatoms. The molecule has 2 aliphatic heterocycles. The predicted molar refractivity (Wildman–Crippen MR) is 83.7 cm³/mol. The van der Waals surface area contributed by atoms with Gasteiger partial charge in [-0.25, -0.2) is 0 Å². The molecule has 0 fully saturated rings. The maximum absolute atomic E-state index is 4.52. The molecule has 0 saturated heterocycles. The Balaban J connectivity index is 1.72. The lowest BCUT2D eigenvalue weighted by Gasteiger charge is -2.26. The van der Waals surface area contributed by atoms with E-state index in [0.29, 0.717) is 0 Å². The molecule has 3 nitrogen and oxygen atoms in total. The van der Waals surface area contributed by atoms with E-state index in [-0.39, 0.29) is 0 Å². The van der Waals surface area contributed by atoms with Crippen LogP contribution in [0.25, 0.3) is 0 Å². The molecule has 98 valence electrons. The SMILES string of the molecule is Cc1cccc(N2C=C3C=Nc4ccccc4N3C2)c1. The van der Waals surface area contributed by atoms with Crippen LogP contribution in [0.4, 0.5) is 17.1 Å². The van der Waals surface area contributed by atoms with Gasteiger partial charge >= 0.3 is 0 Å². The number of benzene rings is 2. The normalized spacial score (nSPS) is 15.9. The van der Waals surface area contributed by atoms with Gasteiger partial charge in [0.2, 0.25) is 0 Å². The van der Waals surface area contributed by atoms with Crippen LogP contribution < -0.4 is 9.80 Å². The van der Waals surface area contributed by atoms with Crippen LogP contribution in [0.5, 0.6) is 0 Å². The summed E-state index contributed by atoms with van der Waals surface area (Å²) in [6, 6.07) is 16.8. The first-order valence-corrected chi connectivity index (χ1v) is 6.77. The number of aliphatic imine (C=N–C) groups is 1. The summed E-state index contributed by atoms with van der Waals surface area (Å²) >= 11 is 0. The molecular weight excluding hydrogens is 246 g/mol. The number of nitrogens with zero attached hydrogens (tertiary/aromatic N) is 3. The van der Waals surface area contributed by atoms with Crippen molar-refractivity contribution in [3.8, 4) is 0 Å². The molecular formula is C17H15N3. The summed E-state index contributed by atoms with van der Waals surface area (Å²) in [5, 5.41) is 0. The molecule has 0 saturated carbocycles.